The van der Waals surface area contributed by atoms with Gasteiger partial charge in [-0.3, -0.25) is 14.4 Å². The molecular formula is C18H18O6. The zero-order valence-electron chi connectivity index (χ0n) is 13.5. The minimum Gasteiger partial charge on any atom is -0.468 e. The van der Waals surface area contributed by atoms with Crippen molar-refractivity contribution in [2.24, 2.45) is 17.3 Å². The van der Waals surface area contributed by atoms with E-state index in [2.05, 4.69) is 0 Å². The van der Waals surface area contributed by atoms with Gasteiger partial charge in [-0.1, -0.05) is 24.3 Å². The fourth-order valence-corrected chi connectivity index (χ4v) is 5.01. The molecule has 2 aliphatic carbocycles. The molecule has 0 unspecified atom stereocenters. The first-order valence-electron chi connectivity index (χ1n) is 8.00. The molecule has 0 amide bonds. The summed E-state index contributed by atoms with van der Waals surface area (Å²) in [5.41, 5.74) is -0.417. The summed E-state index contributed by atoms with van der Waals surface area (Å²) in [4.78, 5) is 37.4. The van der Waals surface area contributed by atoms with E-state index in [9.17, 15) is 14.4 Å². The molecule has 2 fully saturated rings. The minimum absolute atomic E-state index is 0.0736. The Balaban J connectivity index is 1.93. The summed E-state index contributed by atoms with van der Waals surface area (Å²) in [6, 6.07) is 7.74. The van der Waals surface area contributed by atoms with Crippen molar-refractivity contribution in [3.8, 4) is 0 Å². The van der Waals surface area contributed by atoms with E-state index in [1.807, 2.05) is 24.3 Å². The number of fused-ring (bicyclic) bond motifs is 1. The lowest BCUT2D eigenvalue weighted by atomic mass is 9.63. The Labute approximate surface area is 139 Å². The number of esters is 3. The van der Waals surface area contributed by atoms with E-state index in [1.165, 1.54) is 14.2 Å². The molecule has 3 atom stereocenters. The molecule has 0 bridgehead atoms. The fraction of sp³-hybridized carbons (Fsp3) is 0.500. The molecule has 6 nitrogen and oxygen atoms in total. The van der Waals surface area contributed by atoms with Crippen LogP contribution < -0.4 is 0 Å². The molecule has 1 spiro atoms. The summed E-state index contributed by atoms with van der Waals surface area (Å²) in [6.45, 7) is 0. The van der Waals surface area contributed by atoms with Crippen LogP contribution in [0.15, 0.2) is 24.3 Å². The largest absolute Gasteiger partial charge is 0.468 e. The van der Waals surface area contributed by atoms with Gasteiger partial charge in [0.1, 0.15) is 5.92 Å². The summed E-state index contributed by atoms with van der Waals surface area (Å²) >= 11 is 0. The third kappa shape index (κ3) is 1.49. The van der Waals surface area contributed by atoms with Gasteiger partial charge in [-0.15, -0.1) is 0 Å². The minimum atomic E-state index is -1.49. The van der Waals surface area contributed by atoms with Crippen molar-refractivity contribution in [2.75, 3.05) is 14.2 Å². The molecule has 6 heteroatoms. The van der Waals surface area contributed by atoms with E-state index in [-0.39, 0.29) is 12.4 Å². The van der Waals surface area contributed by atoms with Crippen molar-refractivity contribution in [1.82, 2.24) is 0 Å². The predicted molar refractivity (Wildman–Crippen MR) is 80.6 cm³/mol. The molecule has 0 N–H and O–H groups in total. The van der Waals surface area contributed by atoms with Crippen LogP contribution in [-0.2, 0) is 40.6 Å². The molecule has 1 saturated carbocycles. The van der Waals surface area contributed by atoms with Crippen LogP contribution in [0.25, 0.3) is 0 Å². The third-order valence-electron chi connectivity index (χ3n) is 5.95. The molecule has 1 aromatic carbocycles. The number of aryl methyl sites for hydroxylation is 1. The van der Waals surface area contributed by atoms with E-state index in [1.54, 1.807) is 0 Å². The number of carbonyl (C=O) groups is 3. The van der Waals surface area contributed by atoms with Crippen molar-refractivity contribution < 1.29 is 28.6 Å². The smallest absolute Gasteiger partial charge is 0.323 e. The predicted octanol–water partition coefficient (Wildman–Crippen LogP) is 1.35. The van der Waals surface area contributed by atoms with Gasteiger partial charge in [-0.2, -0.15) is 0 Å². The van der Waals surface area contributed by atoms with E-state index < -0.39 is 34.8 Å². The fourth-order valence-electron chi connectivity index (χ4n) is 5.01. The second-order valence-electron chi connectivity index (χ2n) is 6.67. The number of hydrogen-bond donors (Lipinski definition) is 0. The lowest BCUT2D eigenvalue weighted by molar-refractivity contribution is -0.225. The Bertz CT molecular complexity index is 738. The quantitative estimate of drug-likeness (QED) is 0.463. The normalized spacial score (nSPS) is 31.7. The lowest BCUT2D eigenvalue weighted by Crippen LogP contribution is -2.58. The van der Waals surface area contributed by atoms with Crippen LogP contribution in [-0.4, -0.2) is 32.1 Å². The summed E-state index contributed by atoms with van der Waals surface area (Å²) in [5, 5.41) is 0. The number of hydrogen-bond acceptors (Lipinski definition) is 6. The third-order valence-corrected chi connectivity index (χ3v) is 5.95. The molecule has 3 aliphatic rings. The summed E-state index contributed by atoms with van der Waals surface area (Å²) in [6.07, 6.45) is 1.35. The molecule has 1 heterocycles. The van der Waals surface area contributed by atoms with Crippen LogP contribution in [0.3, 0.4) is 0 Å². The monoisotopic (exact) mass is 330 g/mol. The maximum absolute atomic E-state index is 12.6. The first kappa shape index (κ1) is 15.2. The second-order valence-corrected chi connectivity index (χ2v) is 6.67. The SMILES string of the molecule is COC(=O)C1(C(=O)OC)C[C@@H]2C(=O)O[C@@]23c2ccccc2CC[C@@H]13. The average molecular weight is 330 g/mol. The van der Waals surface area contributed by atoms with Gasteiger partial charge < -0.3 is 14.2 Å². The Morgan fingerprint density at radius 3 is 2.46 bits per heavy atom. The van der Waals surface area contributed by atoms with E-state index in [0.29, 0.717) is 12.8 Å². The Hall–Kier alpha value is -2.37. The summed E-state index contributed by atoms with van der Waals surface area (Å²) < 4.78 is 15.6. The van der Waals surface area contributed by atoms with Crippen molar-refractivity contribution in [1.29, 1.82) is 0 Å². The highest BCUT2D eigenvalue weighted by molar-refractivity contribution is 6.03. The molecule has 1 saturated heterocycles. The van der Waals surface area contributed by atoms with Crippen LogP contribution >= 0.6 is 0 Å². The second kappa shape index (κ2) is 4.82. The van der Waals surface area contributed by atoms with Crippen LogP contribution in [0.5, 0.6) is 0 Å². The highest BCUT2D eigenvalue weighted by atomic mass is 16.6. The standard InChI is InChI=1S/C18H18O6/c1-22-15(20)17(16(21)23-2)9-12-14(19)24-18(12)11-6-4-3-5-10(11)7-8-13(17)18/h3-6,12-13H,7-9H2,1-2H3/t12-,13+,18+/m1/s1. The van der Waals surface area contributed by atoms with Gasteiger partial charge in [0.2, 0.25) is 0 Å². The number of rotatable bonds is 2. The Morgan fingerprint density at radius 1 is 1.17 bits per heavy atom. The van der Waals surface area contributed by atoms with Gasteiger partial charge in [-0.25, -0.2) is 0 Å². The highest BCUT2D eigenvalue weighted by Gasteiger charge is 2.79. The first-order chi connectivity index (χ1) is 11.5. The van der Waals surface area contributed by atoms with Crippen molar-refractivity contribution in [2.45, 2.75) is 24.9 Å². The van der Waals surface area contributed by atoms with Gasteiger partial charge in [-0.05, 0) is 30.4 Å². The Morgan fingerprint density at radius 2 is 1.83 bits per heavy atom. The molecule has 1 aliphatic heterocycles. The topological polar surface area (TPSA) is 78.9 Å². The molecule has 24 heavy (non-hydrogen) atoms. The molecule has 126 valence electrons. The summed E-state index contributed by atoms with van der Waals surface area (Å²) in [7, 11) is 2.50. The van der Waals surface area contributed by atoms with Gasteiger partial charge in [0.25, 0.3) is 0 Å². The highest BCUT2D eigenvalue weighted by Crippen LogP contribution is 2.68. The first-order valence-corrected chi connectivity index (χ1v) is 8.00. The van der Waals surface area contributed by atoms with Gasteiger partial charge in [0.05, 0.1) is 14.2 Å². The van der Waals surface area contributed by atoms with Gasteiger partial charge in [0, 0.05) is 5.92 Å². The van der Waals surface area contributed by atoms with Crippen LogP contribution in [0, 0.1) is 17.3 Å². The lowest BCUT2D eigenvalue weighted by Gasteiger charge is -2.51. The van der Waals surface area contributed by atoms with Crippen molar-refractivity contribution >= 4 is 17.9 Å². The van der Waals surface area contributed by atoms with E-state index in [0.717, 1.165) is 11.1 Å². The van der Waals surface area contributed by atoms with Crippen LogP contribution in [0.2, 0.25) is 0 Å². The number of methoxy groups -OCH3 is 2. The number of ether oxygens (including phenoxy) is 3. The zero-order chi connectivity index (χ0) is 17.1. The average Bonchev–Trinajstić information content (AvgIpc) is 2.87. The van der Waals surface area contributed by atoms with E-state index in [4.69, 9.17) is 14.2 Å². The molecule has 4 rings (SSSR count). The molecule has 0 aromatic heterocycles. The maximum Gasteiger partial charge on any atom is 0.323 e. The van der Waals surface area contributed by atoms with E-state index >= 15 is 0 Å². The molecule has 1 aromatic rings. The van der Waals surface area contributed by atoms with Gasteiger partial charge >= 0.3 is 17.9 Å². The zero-order valence-corrected chi connectivity index (χ0v) is 13.5. The molecular weight excluding hydrogens is 312 g/mol. The van der Waals surface area contributed by atoms with Crippen molar-refractivity contribution in [3.63, 3.8) is 0 Å². The van der Waals surface area contributed by atoms with Gasteiger partial charge in [0.15, 0.2) is 11.0 Å². The van der Waals surface area contributed by atoms with Crippen LogP contribution in [0.4, 0.5) is 0 Å². The summed E-state index contributed by atoms with van der Waals surface area (Å²) in [5.74, 6) is -2.66. The Kier molecular flexibility index (Phi) is 3.04. The molecule has 0 radical (unpaired) electrons. The van der Waals surface area contributed by atoms with Crippen molar-refractivity contribution in [3.05, 3.63) is 35.4 Å². The maximum atomic E-state index is 12.6. The van der Waals surface area contributed by atoms with Crippen LogP contribution in [0.1, 0.15) is 24.0 Å². The number of carbonyl (C=O) groups excluding carboxylic acids is 3. The number of benzene rings is 1.